The minimum atomic E-state index is -3.69. The number of nitrogens with one attached hydrogen (secondary N) is 1. The summed E-state index contributed by atoms with van der Waals surface area (Å²) in [6.07, 6.45) is 0.729. The SMILES string of the molecule is CC(C)CCNS(=O)(=O)c1cccc(F)c1CN. The molecule has 1 aromatic rings. The van der Waals surface area contributed by atoms with Crippen LogP contribution in [0, 0.1) is 11.7 Å². The lowest BCUT2D eigenvalue weighted by Crippen LogP contribution is -2.27. The molecule has 0 fully saturated rings. The molecule has 1 aromatic carbocycles. The molecule has 0 amide bonds. The quantitative estimate of drug-likeness (QED) is 0.827. The fraction of sp³-hybridized carbons (Fsp3) is 0.500. The van der Waals surface area contributed by atoms with Crippen molar-refractivity contribution in [2.75, 3.05) is 6.54 Å². The number of nitrogens with two attached hydrogens (primary N) is 1. The summed E-state index contributed by atoms with van der Waals surface area (Å²) in [7, 11) is -3.69. The number of halogens is 1. The second-order valence-electron chi connectivity index (χ2n) is 4.50. The highest BCUT2D eigenvalue weighted by Gasteiger charge is 2.19. The first-order valence-electron chi connectivity index (χ1n) is 5.85. The lowest BCUT2D eigenvalue weighted by molar-refractivity contribution is 0.548. The predicted molar refractivity (Wildman–Crippen MR) is 68.9 cm³/mol. The zero-order valence-electron chi connectivity index (χ0n) is 10.6. The van der Waals surface area contributed by atoms with Gasteiger partial charge in [-0.15, -0.1) is 0 Å². The maximum absolute atomic E-state index is 13.5. The van der Waals surface area contributed by atoms with Crippen LogP contribution in [0.5, 0.6) is 0 Å². The number of sulfonamides is 1. The minimum Gasteiger partial charge on any atom is -0.326 e. The van der Waals surface area contributed by atoms with Crippen LogP contribution in [0.25, 0.3) is 0 Å². The van der Waals surface area contributed by atoms with E-state index < -0.39 is 15.8 Å². The molecule has 3 N–H and O–H groups in total. The third-order valence-corrected chi connectivity index (χ3v) is 4.13. The molecule has 0 radical (unpaired) electrons. The van der Waals surface area contributed by atoms with Gasteiger partial charge < -0.3 is 5.73 Å². The summed E-state index contributed by atoms with van der Waals surface area (Å²) in [6, 6.07) is 3.93. The van der Waals surface area contributed by atoms with E-state index >= 15 is 0 Å². The Hall–Kier alpha value is -0.980. The monoisotopic (exact) mass is 274 g/mol. The van der Waals surface area contributed by atoms with Crippen molar-refractivity contribution >= 4 is 10.0 Å². The molecule has 0 aromatic heterocycles. The fourth-order valence-electron chi connectivity index (χ4n) is 1.55. The largest absolute Gasteiger partial charge is 0.326 e. The molecule has 1 rings (SSSR count). The highest BCUT2D eigenvalue weighted by molar-refractivity contribution is 7.89. The highest BCUT2D eigenvalue weighted by atomic mass is 32.2. The first kappa shape index (κ1) is 15.1. The molecule has 0 spiro atoms. The van der Waals surface area contributed by atoms with Crippen LogP contribution < -0.4 is 10.5 Å². The summed E-state index contributed by atoms with van der Waals surface area (Å²) in [5.41, 5.74) is 5.42. The first-order valence-corrected chi connectivity index (χ1v) is 7.34. The molecule has 0 heterocycles. The lowest BCUT2D eigenvalue weighted by atomic mass is 10.1. The van der Waals surface area contributed by atoms with E-state index in [-0.39, 0.29) is 17.0 Å². The van der Waals surface area contributed by atoms with Gasteiger partial charge in [-0.3, -0.25) is 0 Å². The van der Waals surface area contributed by atoms with Crippen molar-refractivity contribution in [3.63, 3.8) is 0 Å². The smallest absolute Gasteiger partial charge is 0.240 e. The number of hydrogen-bond donors (Lipinski definition) is 2. The van der Waals surface area contributed by atoms with E-state index in [0.717, 1.165) is 6.42 Å². The van der Waals surface area contributed by atoms with Gasteiger partial charge in [0.05, 0.1) is 4.90 Å². The van der Waals surface area contributed by atoms with Crippen LogP contribution in [0.15, 0.2) is 23.1 Å². The van der Waals surface area contributed by atoms with Crippen molar-refractivity contribution in [1.29, 1.82) is 0 Å². The maximum Gasteiger partial charge on any atom is 0.240 e. The van der Waals surface area contributed by atoms with E-state index in [1.165, 1.54) is 18.2 Å². The van der Waals surface area contributed by atoms with Crippen molar-refractivity contribution in [2.45, 2.75) is 31.7 Å². The van der Waals surface area contributed by atoms with Gasteiger partial charge in [-0.25, -0.2) is 17.5 Å². The zero-order chi connectivity index (χ0) is 13.8. The Morgan fingerprint density at radius 1 is 1.39 bits per heavy atom. The van der Waals surface area contributed by atoms with Gasteiger partial charge in [-0.05, 0) is 24.5 Å². The Balaban J connectivity index is 2.95. The van der Waals surface area contributed by atoms with E-state index in [1.54, 1.807) is 0 Å². The molecule has 0 aliphatic rings. The molecule has 102 valence electrons. The van der Waals surface area contributed by atoms with E-state index in [4.69, 9.17) is 5.73 Å². The molecule has 0 aliphatic carbocycles. The molecule has 6 heteroatoms. The average molecular weight is 274 g/mol. The molecule has 0 saturated carbocycles. The molecular weight excluding hydrogens is 255 g/mol. The highest BCUT2D eigenvalue weighted by Crippen LogP contribution is 2.18. The summed E-state index contributed by atoms with van der Waals surface area (Å²) in [5.74, 6) is -0.196. The fourth-order valence-corrected chi connectivity index (χ4v) is 2.85. The van der Waals surface area contributed by atoms with Crippen LogP contribution in [-0.2, 0) is 16.6 Å². The standard InChI is InChI=1S/C12H19FN2O2S/c1-9(2)6-7-15-18(16,17)12-5-3-4-11(13)10(12)8-14/h3-5,9,15H,6-8,14H2,1-2H3. The van der Waals surface area contributed by atoms with Gasteiger partial charge >= 0.3 is 0 Å². The molecule has 4 nitrogen and oxygen atoms in total. The Kier molecular flexibility index (Phi) is 5.25. The number of hydrogen-bond acceptors (Lipinski definition) is 3. The summed E-state index contributed by atoms with van der Waals surface area (Å²) in [6.45, 7) is 4.19. The normalized spacial score (nSPS) is 12.1. The molecular formula is C12H19FN2O2S. The molecule has 0 atom stereocenters. The van der Waals surface area contributed by atoms with Crippen LogP contribution in [0.1, 0.15) is 25.8 Å². The molecule has 0 bridgehead atoms. The Morgan fingerprint density at radius 3 is 2.61 bits per heavy atom. The Labute approximate surface area is 107 Å². The minimum absolute atomic E-state index is 0.0227. The van der Waals surface area contributed by atoms with Crippen LogP contribution >= 0.6 is 0 Å². The van der Waals surface area contributed by atoms with Crippen molar-refractivity contribution in [1.82, 2.24) is 4.72 Å². The second kappa shape index (κ2) is 6.26. The summed E-state index contributed by atoms with van der Waals surface area (Å²) in [5, 5.41) is 0. The van der Waals surface area contributed by atoms with Gasteiger partial charge in [0.1, 0.15) is 5.82 Å². The van der Waals surface area contributed by atoms with Crippen LogP contribution in [0.4, 0.5) is 4.39 Å². The maximum atomic E-state index is 13.5. The third kappa shape index (κ3) is 3.76. The van der Waals surface area contributed by atoms with E-state index in [9.17, 15) is 12.8 Å². The second-order valence-corrected chi connectivity index (χ2v) is 6.24. The Morgan fingerprint density at radius 2 is 2.06 bits per heavy atom. The van der Waals surface area contributed by atoms with Gasteiger partial charge in [0.2, 0.25) is 10.0 Å². The topological polar surface area (TPSA) is 72.2 Å². The Bertz CT molecular complexity index is 501. The predicted octanol–water partition coefficient (Wildman–Crippen LogP) is 1.61. The van der Waals surface area contributed by atoms with Crippen LogP contribution in [0.3, 0.4) is 0 Å². The summed E-state index contributed by atoms with van der Waals surface area (Å²) < 4.78 is 39.9. The van der Waals surface area contributed by atoms with Gasteiger partial charge in [0, 0.05) is 18.7 Å². The third-order valence-electron chi connectivity index (χ3n) is 2.58. The molecule has 18 heavy (non-hydrogen) atoms. The summed E-state index contributed by atoms with van der Waals surface area (Å²) in [4.78, 5) is -0.0752. The average Bonchev–Trinajstić information content (AvgIpc) is 2.27. The first-order chi connectivity index (χ1) is 8.38. The van der Waals surface area contributed by atoms with Gasteiger partial charge in [0.25, 0.3) is 0 Å². The van der Waals surface area contributed by atoms with Crippen molar-refractivity contribution in [2.24, 2.45) is 11.7 Å². The van der Waals surface area contributed by atoms with Gasteiger partial charge in [-0.1, -0.05) is 19.9 Å². The van der Waals surface area contributed by atoms with Crippen molar-refractivity contribution in [3.05, 3.63) is 29.6 Å². The molecule has 0 unspecified atom stereocenters. The molecule has 0 aliphatic heterocycles. The zero-order valence-corrected chi connectivity index (χ0v) is 11.4. The summed E-state index contributed by atoms with van der Waals surface area (Å²) >= 11 is 0. The van der Waals surface area contributed by atoms with Crippen LogP contribution in [0.2, 0.25) is 0 Å². The van der Waals surface area contributed by atoms with Crippen molar-refractivity contribution in [3.8, 4) is 0 Å². The van der Waals surface area contributed by atoms with Gasteiger partial charge in [-0.2, -0.15) is 0 Å². The van der Waals surface area contributed by atoms with Gasteiger partial charge in [0.15, 0.2) is 0 Å². The van der Waals surface area contributed by atoms with E-state index in [2.05, 4.69) is 4.72 Å². The van der Waals surface area contributed by atoms with E-state index in [1.807, 2.05) is 13.8 Å². The van der Waals surface area contributed by atoms with Crippen molar-refractivity contribution < 1.29 is 12.8 Å². The lowest BCUT2D eigenvalue weighted by Gasteiger charge is -2.11. The van der Waals surface area contributed by atoms with E-state index in [0.29, 0.717) is 12.5 Å². The number of benzene rings is 1. The number of rotatable bonds is 6. The van der Waals surface area contributed by atoms with Crippen LogP contribution in [-0.4, -0.2) is 15.0 Å². The molecule has 0 saturated heterocycles.